The SMILES string of the molecule is CN1CCC(c2cccc(CCCC(=O)O)c2)C1. The van der Waals surface area contributed by atoms with Crippen LogP contribution in [-0.2, 0) is 11.2 Å². The average molecular weight is 247 g/mol. The number of likely N-dealkylation sites (N-methyl/N-ethyl adjacent to an activating group) is 1. The number of nitrogens with zero attached hydrogens (tertiary/aromatic N) is 1. The Morgan fingerprint density at radius 2 is 2.33 bits per heavy atom. The summed E-state index contributed by atoms with van der Waals surface area (Å²) in [5.41, 5.74) is 2.68. The fourth-order valence-corrected chi connectivity index (χ4v) is 2.65. The first-order valence-electron chi connectivity index (χ1n) is 6.64. The Kier molecular flexibility index (Phi) is 4.37. The maximum atomic E-state index is 10.5. The number of aryl methyl sites for hydroxylation is 1. The molecular formula is C15H21NO2. The van der Waals surface area contributed by atoms with Crippen LogP contribution in [0.25, 0.3) is 0 Å². The quantitative estimate of drug-likeness (QED) is 0.869. The van der Waals surface area contributed by atoms with E-state index in [1.807, 2.05) is 0 Å². The van der Waals surface area contributed by atoms with Gasteiger partial charge in [0.25, 0.3) is 0 Å². The zero-order valence-electron chi connectivity index (χ0n) is 10.9. The summed E-state index contributed by atoms with van der Waals surface area (Å²) in [6, 6.07) is 8.66. The smallest absolute Gasteiger partial charge is 0.303 e. The van der Waals surface area contributed by atoms with E-state index < -0.39 is 5.97 Å². The third kappa shape index (κ3) is 3.57. The van der Waals surface area contributed by atoms with Gasteiger partial charge in [-0.25, -0.2) is 0 Å². The van der Waals surface area contributed by atoms with Crippen LogP contribution in [0, 0.1) is 0 Å². The molecule has 0 amide bonds. The first-order chi connectivity index (χ1) is 8.65. The van der Waals surface area contributed by atoms with E-state index in [4.69, 9.17) is 5.11 Å². The van der Waals surface area contributed by atoms with Gasteiger partial charge in [0.05, 0.1) is 0 Å². The van der Waals surface area contributed by atoms with E-state index in [0.29, 0.717) is 5.92 Å². The second-order valence-electron chi connectivity index (χ2n) is 5.24. The molecule has 1 heterocycles. The Morgan fingerprint density at radius 1 is 1.50 bits per heavy atom. The average Bonchev–Trinajstić information content (AvgIpc) is 2.76. The summed E-state index contributed by atoms with van der Waals surface area (Å²) in [4.78, 5) is 12.9. The molecule has 18 heavy (non-hydrogen) atoms. The largest absolute Gasteiger partial charge is 0.481 e. The van der Waals surface area contributed by atoms with E-state index in [-0.39, 0.29) is 6.42 Å². The highest BCUT2D eigenvalue weighted by molar-refractivity contribution is 5.66. The highest BCUT2D eigenvalue weighted by Gasteiger charge is 2.20. The first-order valence-corrected chi connectivity index (χ1v) is 6.64. The monoisotopic (exact) mass is 247 g/mol. The molecule has 1 saturated heterocycles. The molecular weight excluding hydrogens is 226 g/mol. The number of aliphatic carboxylic acids is 1. The molecule has 1 unspecified atom stereocenters. The first kappa shape index (κ1) is 13.1. The molecule has 0 aromatic heterocycles. The Labute approximate surface area is 108 Å². The van der Waals surface area contributed by atoms with Gasteiger partial charge >= 0.3 is 5.97 Å². The molecule has 1 aromatic carbocycles. The summed E-state index contributed by atoms with van der Waals surface area (Å²) in [6.45, 7) is 2.31. The van der Waals surface area contributed by atoms with Crippen molar-refractivity contribution in [3.63, 3.8) is 0 Å². The number of carbonyl (C=O) groups is 1. The molecule has 98 valence electrons. The van der Waals surface area contributed by atoms with Gasteiger partial charge < -0.3 is 10.0 Å². The zero-order valence-corrected chi connectivity index (χ0v) is 10.9. The van der Waals surface area contributed by atoms with E-state index in [1.54, 1.807) is 0 Å². The summed E-state index contributed by atoms with van der Waals surface area (Å²) in [7, 11) is 2.16. The van der Waals surface area contributed by atoms with Crippen LogP contribution < -0.4 is 0 Å². The highest BCUT2D eigenvalue weighted by atomic mass is 16.4. The van der Waals surface area contributed by atoms with Crippen LogP contribution in [-0.4, -0.2) is 36.1 Å². The van der Waals surface area contributed by atoms with Crippen LogP contribution in [0.2, 0.25) is 0 Å². The summed E-state index contributed by atoms with van der Waals surface area (Å²) in [5, 5.41) is 8.64. The molecule has 1 aromatic rings. The van der Waals surface area contributed by atoms with Crippen molar-refractivity contribution in [1.82, 2.24) is 4.90 Å². The Bertz CT molecular complexity index is 417. The maximum Gasteiger partial charge on any atom is 0.303 e. The number of carboxylic acids is 1. The van der Waals surface area contributed by atoms with Gasteiger partial charge in [-0.15, -0.1) is 0 Å². The van der Waals surface area contributed by atoms with E-state index in [0.717, 1.165) is 19.4 Å². The number of hydrogen-bond acceptors (Lipinski definition) is 2. The second-order valence-corrected chi connectivity index (χ2v) is 5.24. The lowest BCUT2D eigenvalue weighted by Crippen LogP contribution is -2.13. The van der Waals surface area contributed by atoms with Crippen molar-refractivity contribution >= 4 is 5.97 Å². The lowest BCUT2D eigenvalue weighted by Gasteiger charge is -2.12. The van der Waals surface area contributed by atoms with Gasteiger partial charge in [-0.3, -0.25) is 4.79 Å². The van der Waals surface area contributed by atoms with Crippen molar-refractivity contribution in [1.29, 1.82) is 0 Å². The molecule has 3 heteroatoms. The van der Waals surface area contributed by atoms with Crippen molar-refractivity contribution < 1.29 is 9.90 Å². The van der Waals surface area contributed by atoms with Crippen LogP contribution in [0.5, 0.6) is 0 Å². The van der Waals surface area contributed by atoms with Gasteiger partial charge in [-0.1, -0.05) is 24.3 Å². The van der Waals surface area contributed by atoms with Crippen molar-refractivity contribution in [3.8, 4) is 0 Å². The number of carboxylic acid groups (broad SMARTS) is 1. The second kappa shape index (κ2) is 6.01. The van der Waals surface area contributed by atoms with Crippen LogP contribution in [0.4, 0.5) is 0 Å². The van der Waals surface area contributed by atoms with Crippen molar-refractivity contribution in [2.45, 2.75) is 31.6 Å². The third-order valence-corrected chi connectivity index (χ3v) is 3.67. The van der Waals surface area contributed by atoms with Crippen molar-refractivity contribution in [2.24, 2.45) is 0 Å². The topological polar surface area (TPSA) is 40.5 Å². The number of hydrogen-bond donors (Lipinski definition) is 1. The summed E-state index contributed by atoms with van der Waals surface area (Å²) in [5.74, 6) is -0.0574. The van der Waals surface area contributed by atoms with Crippen molar-refractivity contribution in [2.75, 3.05) is 20.1 Å². The molecule has 1 N–H and O–H groups in total. The molecule has 0 radical (unpaired) electrons. The molecule has 1 aliphatic rings. The van der Waals surface area contributed by atoms with E-state index >= 15 is 0 Å². The minimum absolute atomic E-state index is 0.260. The summed E-state index contributed by atoms with van der Waals surface area (Å²) >= 11 is 0. The van der Waals surface area contributed by atoms with Crippen LogP contribution in [0.3, 0.4) is 0 Å². The summed E-state index contributed by atoms with van der Waals surface area (Å²) < 4.78 is 0. The fourth-order valence-electron chi connectivity index (χ4n) is 2.65. The highest BCUT2D eigenvalue weighted by Crippen LogP contribution is 2.26. The van der Waals surface area contributed by atoms with Crippen LogP contribution >= 0.6 is 0 Å². The number of benzene rings is 1. The van der Waals surface area contributed by atoms with Gasteiger partial charge in [0.1, 0.15) is 0 Å². The minimum atomic E-state index is -0.705. The lowest BCUT2D eigenvalue weighted by molar-refractivity contribution is -0.137. The van der Waals surface area contributed by atoms with Gasteiger partial charge in [0, 0.05) is 13.0 Å². The van der Waals surface area contributed by atoms with Gasteiger partial charge in [-0.2, -0.15) is 0 Å². The lowest BCUT2D eigenvalue weighted by atomic mass is 9.95. The third-order valence-electron chi connectivity index (χ3n) is 3.67. The molecule has 0 saturated carbocycles. The maximum absolute atomic E-state index is 10.5. The van der Waals surface area contributed by atoms with Gasteiger partial charge in [0.15, 0.2) is 0 Å². The zero-order chi connectivity index (χ0) is 13.0. The Morgan fingerprint density at radius 3 is 3.00 bits per heavy atom. The summed E-state index contributed by atoms with van der Waals surface area (Å²) in [6.07, 6.45) is 3.08. The standard InChI is InChI=1S/C15H21NO2/c1-16-9-8-14(11-16)13-6-2-4-12(10-13)5-3-7-15(17)18/h2,4,6,10,14H,3,5,7-9,11H2,1H3,(H,17,18). The molecule has 1 atom stereocenters. The number of rotatable bonds is 5. The fraction of sp³-hybridized carbons (Fsp3) is 0.533. The molecule has 1 aliphatic heterocycles. The number of likely N-dealkylation sites (tertiary alicyclic amines) is 1. The predicted molar refractivity (Wildman–Crippen MR) is 71.9 cm³/mol. The molecule has 0 aliphatic carbocycles. The van der Waals surface area contributed by atoms with Crippen LogP contribution in [0.15, 0.2) is 24.3 Å². The van der Waals surface area contributed by atoms with Crippen LogP contribution in [0.1, 0.15) is 36.3 Å². The molecule has 0 bridgehead atoms. The Hall–Kier alpha value is -1.35. The molecule has 0 spiro atoms. The molecule has 2 rings (SSSR count). The van der Waals surface area contributed by atoms with E-state index in [1.165, 1.54) is 24.1 Å². The van der Waals surface area contributed by atoms with Gasteiger partial charge in [0.2, 0.25) is 0 Å². The van der Waals surface area contributed by atoms with Crippen molar-refractivity contribution in [3.05, 3.63) is 35.4 Å². The van der Waals surface area contributed by atoms with E-state index in [9.17, 15) is 4.79 Å². The molecule has 1 fully saturated rings. The Balaban J connectivity index is 1.94. The molecule has 3 nitrogen and oxygen atoms in total. The van der Waals surface area contributed by atoms with E-state index in [2.05, 4.69) is 36.2 Å². The normalized spacial score (nSPS) is 20.2. The minimum Gasteiger partial charge on any atom is -0.481 e. The van der Waals surface area contributed by atoms with Gasteiger partial charge in [-0.05, 0) is 49.9 Å². The predicted octanol–water partition coefficient (Wildman–Crippen LogP) is 2.51.